The van der Waals surface area contributed by atoms with Gasteiger partial charge in [-0.15, -0.1) is 0 Å². The van der Waals surface area contributed by atoms with Gasteiger partial charge < -0.3 is 9.47 Å². The molecule has 128 valence electrons. The molecule has 1 heterocycles. The normalized spacial score (nSPS) is 22.5. The minimum atomic E-state index is -3.06. The van der Waals surface area contributed by atoms with Gasteiger partial charge in [-0.1, -0.05) is 0 Å². The fourth-order valence-electron chi connectivity index (χ4n) is 2.50. The Balaban J connectivity index is 1.64. The van der Waals surface area contributed by atoms with E-state index < -0.39 is 16.1 Å². The van der Waals surface area contributed by atoms with E-state index in [1.807, 2.05) is 6.92 Å². The van der Waals surface area contributed by atoms with Crippen molar-refractivity contribution in [3.8, 4) is 0 Å². The van der Waals surface area contributed by atoms with Gasteiger partial charge in [0.25, 0.3) is 0 Å². The van der Waals surface area contributed by atoms with Crippen LogP contribution in [0.4, 0.5) is 0 Å². The molecule has 1 saturated heterocycles. The van der Waals surface area contributed by atoms with Crippen molar-refractivity contribution in [1.82, 2.24) is 9.21 Å². The van der Waals surface area contributed by atoms with Crippen molar-refractivity contribution in [3.63, 3.8) is 0 Å². The Labute approximate surface area is 132 Å². The number of carbonyl (C=O) groups excluding carboxylic acids is 1. The summed E-state index contributed by atoms with van der Waals surface area (Å²) in [5, 5.41) is -0.139. The molecule has 0 aromatic rings. The molecule has 0 amide bonds. The number of ether oxygens (including phenoxy) is 2. The maximum atomic E-state index is 12.1. The summed E-state index contributed by atoms with van der Waals surface area (Å²) in [7, 11) is -3.06. The number of hydrogen-bond donors (Lipinski definition) is 0. The quantitative estimate of drug-likeness (QED) is 0.585. The van der Waals surface area contributed by atoms with E-state index in [1.54, 1.807) is 11.2 Å². The summed E-state index contributed by atoms with van der Waals surface area (Å²) in [6.07, 6.45) is 1.07. The highest BCUT2D eigenvalue weighted by Crippen LogP contribution is 2.31. The van der Waals surface area contributed by atoms with Crippen LogP contribution in [-0.4, -0.2) is 80.9 Å². The third-order valence-electron chi connectivity index (χ3n) is 4.04. The van der Waals surface area contributed by atoms with Gasteiger partial charge in [0, 0.05) is 39.3 Å². The number of sulfonamides is 1. The van der Waals surface area contributed by atoms with Gasteiger partial charge in [-0.2, -0.15) is 4.31 Å². The molecule has 0 spiro atoms. The van der Waals surface area contributed by atoms with E-state index in [4.69, 9.17) is 9.47 Å². The lowest BCUT2D eigenvalue weighted by Gasteiger charge is -2.33. The first-order valence-electron chi connectivity index (χ1n) is 7.94. The van der Waals surface area contributed by atoms with E-state index in [0.717, 1.165) is 12.8 Å². The number of carbonyl (C=O) groups is 1. The molecule has 7 nitrogen and oxygen atoms in total. The van der Waals surface area contributed by atoms with Gasteiger partial charge in [-0.05, 0) is 26.7 Å². The third-order valence-corrected chi connectivity index (χ3v) is 6.44. The van der Waals surface area contributed by atoms with E-state index in [-0.39, 0.29) is 11.2 Å². The molecule has 0 bridgehead atoms. The van der Waals surface area contributed by atoms with Crippen LogP contribution in [-0.2, 0) is 24.3 Å². The van der Waals surface area contributed by atoms with Crippen LogP contribution in [0.25, 0.3) is 0 Å². The summed E-state index contributed by atoms with van der Waals surface area (Å²) < 4.78 is 36.2. The summed E-state index contributed by atoms with van der Waals surface area (Å²) in [6, 6.07) is 0. The Morgan fingerprint density at radius 2 is 1.86 bits per heavy atom. The largest absolute Gasteiger partial charge is 0.462 e. The molecule has 0 unspecified atom stereocenters. The molecule has 1 atom stereocenters. The molecule has 2 aliphatic rings. The van der Waals surface area contributed by atoms with Gasteiger partial charge in [0.05, 0.1) is 5.25 Å². The predicted octanol–water partition coefficient (Wildman–Crippen LogP) is 0.0644. The van der Waals surface area contributed by atoms with E-state index in [1.165, 1.54) is 0 Å². The molecule has 0 radical (unpaired) electrons. The molecular weight excluding hydrogens is 308 g/mol. The van der Waals surface area contributed by atoms with Gasteiger partial charge >= 0.3 is 5.97 Å². The van der Waals surface area contributed by atoms with Gasteiger partial charge in [0.1, 0.15) is 6.61 Å². The van der Waals surface area contributed by atoms with Gasteiger partial charge in [0.2, 0.25) is 10.0 Å². The first-order valence-corrected chi connectivity index (χ1v) is 9.45. The fraction of sp³-hybridized carbons (Fsp3) is 0.929. The molecule has 1 aliphatic carbocycles. The first-order chi connectivity index (χ1) is 10.4. The van der Waals surface area contributed by atoms with E-state index in [2.05, 4.69) is 4.90 Å². The van der Waals surface area contributed by atoms with Crippen LogP contribution < -0.4 is 0 Å². The second-order valence-corrected chi connectivity index (χ2v) is 7.96. The standard InChI is InChI=1S/C14H26N2O5S/c1-3-20-12(2)14(17)21-11-10-15-6-8-16(9-7-15)22(18,19)13-4-5-13/h12-13H,3-11H2,1-2H3/t12-/m1/s1. The highest BCUT2D eigenvalue weighted by atomic mass is 32.2. The molecule has 2 fully saturated rings. The molecular formula is C14H26N2O5S. The Morgan fingerprint density at radius 1 is 1.23 bits per heavy atom. The number of rotatable bonds is 8. The maximum Gasteiger partial charge on any atom is 0.334 e. The van der Waals surface area contributed by atoms with Crippen molar-refractivity contribution in [2.45, 2.75) is 38.0 Å². The monoisotopic (exact) mass is 334 g/mol. The Morgan fingerprint density at radius 3 is 2.41 bits per heavy atom. The maximum absolute atomic E-state index is 12.1. The lowest BCUT2D eigenvalue weighted by Crippen LogP contribution is -2.50. The highest BCUT2D eigenvalue weighted by Gasteiger charge is 2.40. The molecule has 8 heteroatoms. The minimum absolute atomic E-state index is 0.139. The Kier molecular flexibility index (Phi) is 6.19. The second-order valence-electron chi connectivity index (χ2n) is 5.75. The second kappa shape index (κ2) is 7.72. The molecule has 1 saturated carbocycles. The first kappa shape index (κ1) is 17.7. The van der Waals surface area contributed by atoms with E-state index in [9.17, 15) is 13.2 Å². The van der Waals surface area contributed by atoms with Crippen LogP contribution in [0, 0.1) is 0 Å². The Hall–Kier alpha value is -0.700. The van der Waals surface area contributed by atoms with Crippen LogP contribution in [0.5, 0.6) is 0 Å². The summed E-state index contributed by atoms with van der Waals surface area (Å²) in [6.45, 7) is 7.35. The number of piperazine rings is 1. The summed E-state index contributed by atoms with van der Waals surface area (Å²) in [5.41, 5.74) is 0. The average Bonchev–Trinajstić information content (AvgIpc) is 3.33. The third kappa shape index (κ3) is 4.65. The van der Waals surface area contributed by atoms with Crippen molar-refractivity contribution < 1.29 is 22.7 Å². The fourth-order valence-corrected chi connectivity index (χ4v) is 4.32. The SMILES string of the molecule is CCO[C@H](C)C(=O)OCCN1CCN(S(=O)(=O)C2CC2)CC1. The smallest absolute Gasteiger partial charge is 0.334 e. The van der Waals surface area contributed by atoms with E-state index in [0.29, 0.717) is 45.9 Å². The summed E-state index contributed by atoms with van der Waals surface area (Å²) in [5.74, 6) is -0.350. The molecule has 0 aromatic heterocycles. The zero-order valence-electron chi connectivity index (χ0n) is 13.4. The van der Waals surface area contributed by atoms with Crippen LogP contribution in [0.15, 0.2) is 0 Å². The lowest BCUT2D eigenvalue weighted by atomic mass is 10.3. The zero-order valence-corrected chi connectivity index (χ0v) is 14.2. The molecule has 1 aliphatic heterocycles. The number of hydrogen-bond acceptors (Lipinski definition) is 6. The molecule has 22 heavy (non-hydrogen) atoms. The van der Waals surface area contributed by atoms with Crippen molar-refractivity contribution in [1.29, 1.82) is 0 Å². The molecule has 0 N–H and O–H groups in total. The van der Waals surface area contributed by atoms with Crippen molar-refractivity contribution in [2.24, 2.45) is 0 Å². The van der Waals surface area contributed by atoms with Gasteiger partial charge in [0.15, 0.2) is 6.10 Å². The lowest BCUT2D eigenvalue weighted by molar-refractivity contribution is -0.156. The minimum Gasteiger partial charge on any atom is -0.462 e. The topological polar surface area (TPSA) is 76.2 Å². The van der Waals surface area contributed by atoms with Gasteiger partial charge in [-0.25, -0.2) is 13.2 Å². The Bertz CT molecular complexity index is 470. The number of nitrogens with zero attached hydrogens (tertiary/aromatic N) is 2. The van der Waals surface area contributed by atoms with Crippen LogP contribution in [0.1, 0.15) is 26.7 Å². The number of esters is 1. The molecule has 2 rings (SSSR count). The van der Waals surface area contributed by atoms with Crippen molar-refractivity contribution in [3.05, 3.63) is 0 Å². The van der Waals surface area contributed by atoms with Crippen molar-refractivity contribution >= 4 is 16.0 Å². The van der Waals surface area contributed by atoms with Gasteiger partial charge in [-0.3, -0.25) is 4.90 Å². The average molecular weight is 334 g/mol. The highest BCUT2D eigenvalue weighted by molar-refractivity contribution is 7.90. The zero-order chi connectivity index (χ0) is 16.2. The summed E-state index contributed by atoms with van der Waals surface area (Å²) in [4.78, 5) is 13.7. The predicted molar refractivity (Wildman–Crippen MR) is 82.0 cm³/mol. The van der Waals surface area contributed by atoms with Crippen LogP contribution >= 0.6 is 0 Å². The van der Waals surface area contributed by atoms with Crippen LogP contribution in [0.2, 0.25) is 0 Å². The van der Waals surface area contributed by atoms with Crippen molar-refractivity contribution in [2.75, 3.05) is 45.9 Å². The van der Waals surface area contributed by atoms with Crippen LogP contribution in [0.3, 0.4) is 0 Å². The molecule has 0 aromatic carbocycles. The van der Waals surface area contributed by atoms with E-state index >= 15 is 0 Å². The summed E-state index contributed by atoms with van der Waals surface area (Å²) >= 11 is 0.